The van der Waals surface area contributed by atoms with E-state index < -0.39 is 5.97 Å². The van der Waals surface area contributed by atoms with Gasteiger partial charge in [0, 0.05) is 11.8 Å². The van der Waals surface area contributed by atoms with Crippen molar-refractivity contribution in [2.24, 2.45) is 5.92 Å². The molecule has 2 fully saturated rings. The summed E-state index contributed by atoms with van der Waals surface area (Å²) in [5.74, 6) is -0.630. The minimum atomic E-state index is -0.933. The Kier molecular flexibility index (Phi) is 4.24. The summed E-state index contributed by atoms with van der Waals surface area (Å²) in [5, 5.41) is 12.6. The van der Waals surface area contributed by atoms with Crippen LogP contribution in [-0.4, -0.2) is 22.0 Å². The van der Waals surface area contributed by atoms with Gasteiger partial charge < -0.3 is 10.4 Å². The van der Waals surface area contributed by atoms with Crippen LogP contribution in [0.1, 0.15) is 72.7 Å². The fourth-order valence-corrected chi connectivity index (χ4v) is 3.96. The molecule has 3 rings (SSSR count). The van der Waals surface area contributed by atoms with Crippen molar-refractivity contribution in [1.82, 2.24) is 4.98 Å². The molecular weight excluding hydrogens is 288 g/mol. The number of aromatic nitrogens is 1. The van der Waals surface area contributed by atoms with E-state index in [0.717, 1.165) is 56.3 Å². The number of thiazole rings is 1. The molecule has 2 aliphatic rings. The molecule has 1 heterocycles. The van der Waals surface area contributed by atoms with E-state index >= 15 is 0 Å². The molecule has 114 valence electrons. The molecular formula is C15H20N2O3S. The maximum atomic E-state index is 12.0. The Balaban J connectivity index is 1.78. The standard InChI is InChI=1S/C15H20N2O3S/c18-13(10-7-4-8-10)17-15-16-11(12(21-15)14(19)20)9-5-2-1-3-6-9/h9-10H,1-8H2,(H,19,20)(H,16,17,18). The molecule has 5 nitrogen and oxygen atoms in total. The molecule has 0 spiro atoms. The summed E-state index contributed by atoms with van der Waals surface area (Å²) in [4.78, 5) is 28.1. The largest absolute Gasteiger partial charge is 0.477 e. The van der Waals surface area contributed by atoms with Gasteiger partial charge in [-0.3, -0.25) is 4.79 Å². The van der Waals surface area contributed by atoms with Crippen molar-refractivity contribution in [3.05, 3.63) is 10.6 Å². The Morgan fingerprint density at radius 2 is 1.81 bits per heavy atom. The van der Waals surface area contributed by atoms with Crippen LogP contribution in [0.5, 0.6) is 0 Å². The molecule has 0 saturated heterocycles. The Morgan fingerprint density at radius 1 is 1.10 bits per heavy atom. The van der Waals surface area contributed by atoms with Gasteiger partial charge in [-0.1, -0.05) is 37.0 Å². The summed E-state index contributed by atoms with van der Waals surface area (Å²) >= 11 is 1.10. The lowest BCUT2D eigenvalue weighted by Gasteiger charge is -2.23. The lowest BCUT2D eigenvalue weighted by Crippen LogP contribution is -2.28. The first-order valence-electron chi connectivity index (χ1n) is 7.70. The van der Waals surface area contributed by atoms with Gasteiger partial charge in [0.2, 0.25) is 5.91 Å². The molecule has 0 aliphatic heterocycles. The second-order valence-electron chi connectivity index (χ2n) is 5.99. The molecule has 0 unspecified atom stereocenters. The molecule has 1 aromatic rings. The first-order chi connectivity index (χ1) is 10.1. The van der Waals surface area contributed by atoms with Crippen LogP contribution in [-0.2, 0) is 4.79 Å². The van der Waals surface area contributed by atoms with Crippen LogP contribution < -0.4 is 5.32 Å². The summed E-state index contributed by atoms with van der Waals surface area (Å²) in [6.45, 7) is 0. The van der Waals surface area contributed by atoms with Gasteiger partial charge >= 0.3 is 5.97 Å². The maximum Gasteiger partial charge on any atom is 0.347 e. The van der Waals surface area contributed by atoms with Crippen LogP contribution in [0.3, 0.4) is 0 Å². The van der Waals surface area contributed by atoms with Crippen molar-refractivity contribution in [2.75, 3.05) is 5.32 Å². The van der Waals surface area contributed by atoms with Crippen LogP contribution >= 0.6 is 11.3 Å². The Bertz CT molecular complexity index is 545. The van der Waals surface area contributed by atoms with Crippen LogP contribution in [0.4, 0.5) is 5.13 Å². The molecule has 0 aromatic carbocycles. The van der Waals surface area contributed by atoms with Crippen molar-refractivity contribution >= 4 is 28.3 Å². The number of carboxylic acid groups (broad SMARTS) is 1. The highest BCUT2D eigenvalue weighted by molar-refractivity contribution is 7.17. The third-order valence-electron chi connectivity index (χ3n) is 4.55. The molecule has 6 heteroatoms. The molecule has 2 aliphatic carbocycles. The normalized spacial score (nSPS) is 20.0. The number of carbonyl (C=O) groups excluding carboxylic acids is 1. The SMILES string of the molecule is O=C(O)c1sc(NC(=O)C2CCC2)nc1C1CCCCC1. The minimum Gasteiger partial charge on any atom is -0.477 e. The van der Waals surface area contributed by atoms with Gasteiger partial charge in [-0.25, -0.2) is 9.78 Å². The number of rotatable bonds is 4. The zero-order valence-electron chi connectivity index (χ0n) is 11.9. The van der Waals surface area contributed by atoms with E-state index in [0.29, 0.717) is 15.7 Å². The average molecular weight is 308 g/mol. The molecule has 1 aromatic heterocycles. The second-order valence-corrected chi connectivity index (χ2v) is 6.99. The van der Waals surface area contributed by atoms with E-state index in [9.17, 15) is 14.7 Å². The summed E-state index contributed by atoms with van der Waals surface area (Å²) < 4.78 is 0. The Hall–Kier alpha value is -1.43. The summed E-state index contributed by atoms with van der Waals surface area (Å²) in [6, 6.07) is 0. The van der Waals surface area contributed by atoms with E-state index in [1.165, 1.54) is 6.42 Å². The number of carboxylic acids is 1. The Labute approximate surface area is 127 Å². The van der Waals surface area contributed by atoms with Crippen LogP contribution in [0.15, 0.2) is 0 Å². The third-order valence-corrected chi connectivity index (χ3v) is 5.52. The molecule has 1 amide bonds. The van der Waals surface area contributed by atoms with Crippen molar-refractivity contribution in [1.29, 1.82) is 0 Å². The first kappa shape index (κ1) is 14.5. The average Bonchev–Trinajstić information content (AvgIpc) is 2.81. The molecule has 0 atom stereocenters. The predicted molar refractivity (Wildman–Crippen MR) is 80.9 cm³/mol. The summed E-state index contributed by atoms with van der Waals surface area (Å²) in [6.07, 6.45) is 8.44. The first-order valence-corrected chi connectivity index (χ1v) is 8.51. The van der Waals surface area contributed by atoms with Gasteiger partial charge in [-0.15, -0.1) is 0 Å². The zero-order chi connectivity index (χ0) is 14.8. The number of nitrogens with zero attached hydrogens (tertiary/aromatic N) is 1. The van der Waals surface area contributed by atoms with Crippen LogP contribution in [0, 0.1) is 5.92 Å². The van der Waals surface area contributed by atoms with Crippen molar-refractivity contribution in [3.63, 3.8) is 0 Å². The van der Waals surface area contributed by atoms with Crippen LogP contribution in [0.2, 0.25) is 0 Å². The number of carbonyl (C=O) groups is 2. The maximum absolute atomic E-state index is 12.0. The highest BCUT2D eigenvalue weighted by Gasteiger charge is 2.29. The number of nitrogens with one attached hydrogen (secondary N) is 1. The predicted octanol–water partition coefficient (Wildman–Crippen LogP) is 3.63. The van der Waals surface area contributed by atoms with Crippen molar-refractivity contribution < 1.29 is 14.7 Å². The van der Waals surface area contributed by atoms with E-state index in [2.05, 4.69) is 10.3 Å². The highest BCUT2D eigenvalue weighted by Crippen LogP contribution is 2.37. The second kappa shape index (κ2) is 6.13. The quantitative estimate of drug-likeness (QED) is 0.890. The number of aromatic carboxylic acids is 1. The van der Waals surface area contributed by atoms with Crippen molar-refractivity contribution in [2.45, 2.75) is 57.3 Å². The molecule has 2 N–H and O–H groups in total. The van der Waals surface area contributed by atoms with Gasteiger partial charge in [0.25, 0.3) is 0 Å². The van der Waals surface area contributed by atoms with Gasteiger partial charge in [-0.05, 0) is 25.7 Å². The Morgan fingerprint density at radius 3 is 2.38 bits per heavy atom. The minimum absolute atomic E-state index is 0.0119. The smallest absolute Gasteiger partial charge is 0.347 e. The van der Waals surface area contributed by atoms with E-state index in [1.807, 2.05) is 0 Å². The van der Waals surface area contributed by atoms with Gasteiger partial charge in [0.05, 0.1) is 5.69 Å². The van der Waals surface area contributed by atoms with Crippen molar-refractivity contribution in [3.8, 4) is 0 Å². The summed E-state index contributed by atoms with van der Waals surface area (Å²) in [5.41, 5.74) is 0.677. The van der Waals surface area contributed by atoms with Crippen LogP contribution in [0.25, 0.3) is 0 Å². The number of anilines is 1. The third kappa shape index (κ3) is 3.10. The molecule has 21 heavy (non-hydrogen) atoms. The van der Waals surface area contributed by atoms with E-state index in [4.69, 9.17) is 0 Å². The zero-order valence-corrected chi connectivity index (χ0v) is 12.7. The topological polar surface area (TPSA) is 79.3 Å². The fourth-order valence-electron chi connectivity index (χ4n) is 3.07. The molecule has 2 saturated carbocycles. The monoisotopic (exact) mass is 308 g/mol. The fraction of sp³-hybridized carbons (Fsp3) is 0.667. The van der Waals surface area contributed by atoms with E-state index in [1.54, 1.807) is 0 Å². The van der Waals surface area contributed by atoms with Gasteiger partial charge in [0.15, 0.2) is 5.13 Å². The highest BCUT2D eigenvalue weighted by atomic mass is 32.1. The molecule has 0 radical (unpaired) electrons. The lowest BCUT2D eigenvalue weighted by molar-refractivity contribution is -0.122. The van der Waals surface area contributed by atoms with Gasteiger partial charge in [0.1, 0.15) is 4.88 Å². The number of hydrogen-bond acceptors (Lipinski definition) is 4. The molecule has 0 bridgehead atoms. The summed E-state index contributed by atoms with van der Waals surface area (Å²) in [7, 11) is 0. The van der Waals surface area contributed by atoms with Gasteiger partial charge in [-0.2, -0.15) is 0 Å². The lowest BCUT2D eigenvalue weighted by atomic mass is 9.85. The number of hydrogen-bond donors (Lipinski definition) is 2. The van der Waals surface area contributed by atoms with E-state index in [-0.39, 0.29) is 17.7 Å². The number of amides is 1.